The Kier molecular flexibility index (Phi) is 9.27. The molecule has 0 radical (unpaired) electrons. The zero-order valence-electron chi connectivity index (χ0n) is 19.1. The number of carbonyl (C=O) groups is 2. The van der Waals surface area contributed by atoms with Crippen molar-refractivity contribution in [2.24, 2.45) is 0 Å². The lowest BCUT2D eigenvalue weighted by Gasteiger charge is -2.27. The lowest BCUT2D eigenvalue weighted by atomic mass is 10.1. The minimum Gasteiger partial charge on any atom is -0.465 e. The molecule has 0 aliphatic carbocycles. The summed E-state index contributed by atoms with van der Waals surface area (Å²) in [4.78, 5) is 34.1. The largest absolute Gasteiger partial charge is 0.465 e. The molecule has 0 atom stereocenters. The first kappa shape index (κ1) is 26.4. The maximum atomic E-state index is 13.5. The normalized spacial score (nSPS) is 14.0. The quantitative estimate of drug-likeness (QED) is 0.412. The van der Waals surface area contributed by atoms with Crippen molar-refractivity contribution in [1.29, 1.82) is 0 Å². The Labute approximate surface area is 214 Å². The van der Waals surface area contributed by atoms with Gasteiger partial charge in [0.2, 0.25) is 0 Å². The third-order valence-electron chi connectivity index (χ3n) is 5.73. The van der Waals surface area contributed by atoms with E-state index in [4.69, 9.17) is 26.1 Å². The van der Waals surface area contributed by atoms with Crippen LogP contribution in [0.2, 0.25) is 5.02 Å². The minimum atomic E-state index is -0.435. The molecule has 4 rings (SSSR count). The molecule has 0 bridgehead atoms. The van der Waals surface area contributed by atoms with Crippen LogP contribution in [-0.2, 0) is 9.47 Å². The molecule has 182 valence electrons. The second kappa shape index (κ2) is 12.0. The van der Waals surface area contributed by atoms with Crippen molar-refractivity contribution in [3.05, 3.63) is 58.1 Å². The molecule has 10 heteroatoms. The maximum absolute atomic E-state index is 13.5. The van der Waals surface area contributed by atoms with E-state index in [1.807, 2.05) is 19.1 Å². The van der Waals surface area contributed by atoms with Gasteiger partial charge in [0.1, 0.15) is 0 Å². The van der Waals surface area contributed by atoms with E-state index in [1.54, 1.807) is 29.2 Å². The predicted octanol–water partition coefficient (Wildman–Crippen LogP) is 4.84. The van der Waals surface area contributed by atoms with Gasteiger partial charge in [0.15, 0.2) is 5.13 Å². The van der Waals surface area contributed by atoms with Crippen molar-refractivity contribution in [1.82, 2.24) is 9.88 Å². The fourth-order valence-corrected chi connectivity index (χ4v) is 4.99. The highest BCUT2D eigenvalue weighted by Gasteiger charge is 2.23. The molecule has 1 aromatic heterocycles. The lowest BCUT2D eigenvalue weighted by molar-refractivity contribution is 0.0376. The summed E-state index contributed by atoms with van der Waals surface area (Å²) in [5.74, 6) is -0.592. The molecule has 1 aliphatic rings. The molecule has 3 aromatic rings. The van der Waals surface area contributed by atoms with E-state index in [0.29, 0.717) is 27.8 Å². The van der Waals surface area contributed by atoms with Gasteiger partial charge in [-0.25, -0.2) is 9.78 Å². The lowest BCUT2D eigenvalue weighted by Crippen LogP contribution is -2.39. The number of anilines is 1. The highest BCUT2D eigenvalue weighted by Crippen LogP contribution is 2.34. The van der Waals surface area contributed by atoms with Gasteiger partial charge in [-0.05, 0) is 55.3 Å². The van der Waals surface area contributed by atoms with Crippen LogP contribution in [0.5, 0.6) is 0 Å². The number of halogens is 2. The number of rotatable bonds is 7. The molecule has 0 N–H and O–H groups in total. The number of fused-ring (bicyclic) bond motifs is 1. The average molecular weight is 524 g/mol. The van der Waals surface area contributed by atoms with E-state index in [2.05, 4.69) is 4.90 Å². The Morgan fingerprint density at radius 3 is 2.50 bits per heavy atom. The van der Waals surface area contributed by atoms with Gasteiger partial charge >= 0.3 is 5.97 Å². The number of thiazole rings is 1. The van der Waals surface area contributed by atoms with Gasteiger partial charge in [0, 0.05) is 36.8 Å². The maximum Gasteiger partial charge on any atom is 0.337 e. The molecule has 0 unspecified atom stereocenters. The Hall–Kier alpha value is -2.23. The van der Waals surface area contributed by atoms with Crippen LogP contribution in [0.25, 0.3) is 10.2 Å². The van der Waals surface area contributed by atoms with Gasteiger partial charge in [-0.1, -0.05) is 22.9 Å². The van der Waals surface area contributed by atoms with Crippen molar-refractivity contribution >= 4 is 62.6 Å². The van der Waals surface area contributed by atoms with Crippen LogP contribution >= 0.6 is 35.3 Å². The number of hydrogen-bond donors (Lipinski definition) is 0. The van der Waals surface area contributed by atoms with E-state index in [0.717, 1.165) is 55.0 Å². The van der Waals surface area contributed by atoms with E-state index < -0.39 is 5.97 Å². The Bertz CT molecular complexity index is 1150. The fourth-order valence-electron chi connectivity index (χ4n) is 3.79. The number of methoxy groups -OCH3 is 1. The first-order chi connectivity index (χ1) is 16.0. The first-order valence-electron chi connectivity index (χ1n) is 10.8. The summed E-state index contributed by atoms with van der Waals surface area (Å²) < 4.78 is 11.2. The minimum absolute atomic E-state index is 0. The summed E-state index contributed by atoms with van der Waals surface area (Å²) >= 11 is 7.76. The van der Waals surface area contributed by atoms with Crippen molar-refractivity contribution in [3.8, 4) is 0 Å². The van der Waals surface area contributed by atoms with Crippen LogP contribution in [0.4, 0.5) is 5.13 Å². The molecule has 1 amide bonds. The van der Waals surface area contributed by atoms with Crippen molar-refractivity contribution < 1.29 is 19.1 Å². The molecular formula is C24H27Cl2N3O4S. The zero-order valence-corrected chi connectivity index (χ0v) is 21.5. The van der Waals surface area contributed by atoms with Crippen LogP contribution in [0.3, 0.4) is 0 Å². The van der Waals surface area contributed by atoms with Gasteiger partial charge in [-0.2, -0.15) is 0 Å². The summed E-state index contributed by atoms with van der Waals surface area (Å²) in [7, 11) is 1.33. The molecule has 2 heterocycles. The number of aromatic nitrogens is 1. The van der Waals surface area contributed by atoms with E-state index in [9.17, 15) is 9.59 Å². The fraction of sp³-hybridized carbons (Fsp3) is 0.375. The zero-order chi connectivity index (χ0) is 23.4. The van der Waals surface area contributed by atoms with Gasteiger partial charge in [0.05, 0.1) is 36.1 Å². The van der Waals surface area contributed by atoms with E-state index >= 15 is 0 Å². The van der Waals surface area contributed by atoms with Crippen LogP contribution in [0.1, 0.15) is 32.7 Å². The summed E-state index contributed by atoms with van der Waals surface area (Å²) in [5.41, 5.74) is 2.61. The molecule has 0 saturated carbocycles. The third-order valence-corrected chi connectivity index (χ3v) is 7.18. The van der Waals surface area contributed by atoms with Crippen molar-refractivity contribution in [3.63, 3.8) is 0 Å². The molecule has 1 fully saturated rings. The molecular weight excluding hydrogens is 497 g/mol. The van der Waals surface area contributed by atoms with Crippen LogP contribution in [0.15, 0.2) is 36.4 Å². The van der Waals surface area contributed by atoms with Crippen LogP contribution in [0, 0.1) is 6.92 Å². The number of hydrogen-bond acceptors (Lipinski definition) is 7. The summed E-state index contributed by atoms with van der Waals surface area (Å²) in [6.45, 7) is 6.64. The summed E-state index contributed by atoms with van der Waals surface area (Å²) in [6, 6.07) is 10.3. The Balaban J connectivity index is 0.00000324. The van der Waals surface area contributed by atoms with Gasteiger partial charge in [-0.15, -0.1) is 12.4 Å². The Morgan fingerprint density at radius 1 is 1.15 bits per heavy atom. The van der Waals surface area contributed by atoms with Gasteiger partial charge in [-0.3, -0.25) is 14.6 Å². The van der Waals surface area contributed by atoms with Crippen molar-refractivity contribution in [2.45, 2.75) is 13.3 Å². The molecule has 1 saturated heterocycles. The second-order valence-corrected chi connectivity index (χ2v) is 9.27. The number of nitrogens with zero attached hydrogens (tertiary/aromatic N) is 3. The SMILES string of the molecule is COC(=O)c1ccc(C(=O)N(CCCN2CCOCC2)c2nc3c(C)c(Cl)ccc3s2)cc1.Cl. The molecule has 2 aromatic carbocycles. The molecule has 7 nitrogen and oxygen atoms in total. The number of amides is 1. The number of benzene rings is 2. The number of aryl methyl sites for hydroxylation is 1. The standard InChI is InChI=1S/C24H26ClN3O4S.ClH/c1-16-19(25)8-9-20-21(16)26-24(33-20)28(11-3-10-27-12-14-32-15-13-27)22(29)17-4-6-18(7-5-17)23(30)31-2;/h4-9H,3,10-15H2,1-2H3;1H. The predicted molar refractivity (Wildman–Crippen MR) is 138 cm³/mol. The monoisotopic (exact) mass is 523 g/mol. The number of morpholine rings is 1. The number of esters is 1. The van der Waals surface area contributed by atoms with Gasteiger partial charge in [0.25, 0.3) is 5.91 Å². The second-order valence-electron chi connectivity index (χ2n) is 7.85. The topological polar surface area (TPSA) is 72.0 Å². The smallest absolute Gasteiger partial charge is 0.337 e. The first-order valence-corrected chi connectivity index (χ1v) is 12.0. The highest BCUT2D eigenvalue weighted by atomic mass is 35.5. The molecule has 0 spiro atoms. The highest BCUT2D eigenvalue weighted by molar-refractivity contribution is 7.22. The molecule has 1 aliphatic heterocycles. The number of ether oxygens (including phenoxy) is 2. The number of carbonyl (C=O) groups excluding carboxylic acids is 2. The summed E-state index contributed by atoms with van der Waals surface area (Å²) in [6.07, 6.45) is 0.807. The summed E-state index contributed by atoms with van der Waals surface area (Å²) in [5, 5.41) is 1.29. The van der Waals surface area contributed by atoms with Gasteiger partial charge < -0.3 is 9.47 Å². The van der Waals surface area contributed by atoms with Crippen LogP contribution in [-0.4, -0.2) is 68.3 Å². The third kappa shape index (κ3) is 5.87. The van der Waals surface area contributed by atoms with Crippen molar-refractivity contribution in [2.75, 3.05) is 51.4 Å². The Morgan fingerprint density at radius 2 is 1.82 bits per heavy atom. The van der Waals surface area contributed by atoms with E-state index in [1.165, 1.54) is 18.4 Å². The van der Waals surface area contributed by atoms with Crippen LogP contribution < -0.4 is 4.90 Å². The molecule has 34 heavy (non-hydrogen) atoms. The average Bonchev–Trinajstić information content (AvgIpc) is 3.29. The van der Waals surface area contributed by atoms with E-state index in [-0.39, 0.29) is 18.3 Å².